The summed E-state index contributed by atoms with van der Waals surface area (Å²) in [5, 5.41) is 16.3. The minimum Gasteiger partial charge on any atom is -0.277 e. The van der Waals surface area contributed by atoms with Crippen LogP contribution in [-0.2, 0) is 0 Å². The molecule has 1 aromatic heterocycles. The molecule has 1 N–H and O–H groups in total. The molecule has 0 aliphatic carbocycles. The first-order valence-corrected chi connectivity index (χ1v) is 9.20. The zero-order valence-corrected chi connectivity index (χ0v) is 16.1. The summed E-state index contributed by atoms with van der Waals surface area (Å²) in [6.07, 6.45) is 0. The molecule has 2 aromatic carbocycles. The zero-order valence-electron chi connectivity index (χ0n) is 15.3. The van der Waals surface area contributed by atoms with Crippen molar-refractivity contribution in [2.75, 3.05) is 5.43 Å². The van der Waals surface area contributed by atoms with Crippen molar-refractivity contribution in [2.45, 2.75) is 27.7 Å². The van der Waals surface area contributed by atoms with Gasteiger partial charge in [0.2, 0.25) is 0 Å². The smallest absolute Gasteiger partial charge is 0.196 e. The lowest BCUT2D eigenvalue weighted by molar-refractivity contribution is 1.27. The normalized spacial score (nSPS) is 11.3. The van der Waals surface area contributed by atoms with E-state index < -0.39 is 0 Å². The lowest BCUT2D eigenvalue weighted by Crippen LogP contribution is -2.02. The van der Waals surface area contributed by atoms with Gasteiger partial charge in [0, 0.05) is 10.9 Å². The molecule has 0 atom stereocenters. The van der Waals surface area contributed by atoms with Gasteiger partial charge in [0.15, 0.2) is 10.7 Å². The number of hydrogen-bond acceptors (Lipinski definition) is 5. The Morgan fingerprint density at radius 1 is 1.04 bits per heavy atom. The molecule has 3 aromatic rings. The van der Waals surface area contributed by atoms with Crippen LogP contribution in [0.1, 0.15) is 27.3 Å². The number of aromatic nitrogens is 1. The molecule has 0 fully saturated rings. The number of hydrazone groups is 1. The van der Waals surface area contributed by atoms with Gasteiger partial charge in [-0.1, -0.05) is 41.5 Å². The first-order valence-electron chi connectivity index (χ1n) is 8.32. The van der Waals surface area contributed by atoms with Gasteiger partial charge < -0.3 is 0 Å². The van der Waals surface area contributed by atoms with Gasteiger partial charge in [-0.05, 0) is 44.9 Å². The first kappa shape index (κ1) is 17.8. The summed E-state index contributed by atoms with van der Waals surface area (Å²) in [5.74, 6) is 0. The van der Waals surface area contributed by atoms with Crippen LogP contribution in [0.2, 0.25) is 0 Å². The van der Waals surface area contributed by atoms with Crippen LogP contribution in [-0.4, -0.2) is 10.7 Å². The van der Waals surface area contributed by atoms with Crippen LogP contribution in [0.25, 0.3) is 11.3 Å². The fraction of sp³-hybridized carbons (Fsp3) is 0.190. The van der Waals surface area contributed by atoms with Crippen LogP contribution >= 0.6 is 11.3 Å². The summed E-state index contributed by atoms with van der Waals surface area (Å²) in [4.78, 5) is 4.62. The standard InChI is InChI=1S/C21H20N4S/c1-13-5-7-17(15(3)9-13)20-12-26-21(23-20)19(11-22)25-24-18-8-6-14(2)10-16(18)4/h5-10,12,24H,1-4H3/b25-19-. The molecule has 0 radical (unpaired) electrons. The monoisotopic (exact) mass is 360 g/mol. The SMILES string of the molecule is Cc1ccc(N/N=C(/C#N)c2nc(-c3ccc(C)cc3C)cs2)c(C)c1. The van der Waals surface area contributed by atoms with Crippen molar-refractivity contribution in [1.29, 1.82) is 5.26 Å². The maximum Gasteiger partial charge on any atom is 0.196 e. The number of nitriles is 1. The van der Waals surface area contributed by atoms with E-state index in [2.05, 4.69) is 59.7 Å². The topological polar surface area (TPSA) is 61.1 Å². The van der Waals surface area contributed by atoms with Gasteiger partial charge in [-0.3, -0.25) is 5.43 Å². The van der Waals surface area contributed by atoms with Crippen molar-refractivity contribution in [3.8, 4) is 17.3 Å². The number of nitrogens with zero attached hydrogens (tertiary/aromatic N) is 3. The maximum absolute atomic E-state index is 9.49. The second kappa shape index (κ2) is 7.51. The van der Waals surface area contributed by atoms with Crippen LogP contribution < -0.4 is 5.43 Å². The van der Waals surface area contributed by atoms with Gasteiger partial charge in [0.05, 0.1) is 11.4 Å². The lowest BCUT2D eigenvalue weighted by atomic mass is 10.0. The number of aryl methyl sites for hydroxylation is 4. The van der Waals surface area contributed by atoms with E-state index in [9.17, 15) is 5.26 Å². The van der Waals surface area contributed by atoms with Crippen molar-refractivity contribution in [3.63, 3.8) is 0 Å². The van der Waals surface area contributed by atoms with E-state index in [1.54, 1.807) is 0 Å². The molecule has 4 nitrogen and oxygen atoms in total. The molecule has 26 heavy (non-hydrogen) atoms. The van der Waals surface area contributed by atoms with Crippen molar-refractivity contribution >= 4 is 22.7 Å². The number of thiazole rings is 1. The maximum atomic E-state index is 9.49. The molecule has 1 heterocycles. The fourth-order valence-electron chi connectivity index (χ4n) is 2.78. The number of nitrogens with one attached hydrogen (secondary N) is 1. The van der Waals surface area contributed by atoms with Crippen molar-refractivity contribution in [3.05, 3.63) is 69.0 Å². The first-order chi connectivity index (χ1) is 12.5. The largest absolute Gasteiger partial charge is 0.277 e. The molecule has 0 aliphatic rings. The lowest BCUT2D eigenvalue weighted by Gasteiger charge is -2.06. The van der Waals surface area contributed by atoms with Crippen molar-refractivity contribution in [1.82, 2.24) is 4.98 Å². The Morgan fingerprint density at radius 2 is 1.73 bits per heavy atom. The Hall–Kier alpha value is -2.97. The van der Waals surface area contributed by atoms with Crippen LogP contribution in [0, 0.1) is 39.0 Å². The molecule has 5 heteroatoms. The van der Waals surface area contributed by atoms with Crippen LogP contribution in [0.5, 0.6) is 0 Å². The minimum absolute atomic E-state index is 0.283. The highest BCUT2D eigenvalue weighted by Crippen LogP contribution is 2.26. The molecule has 0 amide bonds. The summed E-state index contributed by atoms with van der Waals surface area (Å²) >= 11 is 1.43. The van der Waals surface area contributed by atoms with Gasteiger partial charge in [-0.2, -0.15) is 10.4 Å². The highest BCUT2D eigenvalue weighted by Gasteiger charge is 2.12. The fourth-order valence-corrected chi connectivity index (χ4v) is 3.54. The van der Waals surface area contributed by atoms with Crippen LogP contribution in [0.4, 0.5) is 5.69 Å². The second-order valence-electron chi connectivity index (χ2n) is 6.36. The van der Waals surface area contributed by atoms with Gasteiger partial charge in [0.25, 0.3) is 0 Å². The average Bonchev–Trinajstić information content (AvgIpc) is 3.06. The summed E-state index contributed by atoms with van der Waals surface area (Å²) in [7, 11) is 0. The summed E-state index contributed by atoms with van der Waals surface area (Å²) in [5.41, 5.74) is 10.8. The molecular weight excluding hydrogens is 340 g/mol. The van der Waals surface area contributed by atoms with Gasteiger partial charge in [-0.25, -0.2) is 4.98 Å². The molecule has 130 valence electrons. The molecule has 0 aliphatic heterocycles. The Labute approximate surface area is 157 Å². The highest BCUT2D eigenvalue weighted by molar-refractivity contribution is 7.12. The Balaban J connectivity index is 1.87. The van der Waals surface area contributed by atoms with Crippen molar-refractivity contribution in [2.24, 2.45) is 5.10 Å². The quantitative estimate of drug-likeness (QED) is 0.502. The Kier molecular flexibility index (Phi) is 5.15. The molecular formula is C21H20N4S. The van der Waals surface area contributed by atoms with E-state index in [4.69, 9.17) is 0 Å². The van der Waals surface area contributed by atoms with Gasteiger partial charge >= 0.3 is 0 Å². The second-order valence-corrected chi connectivity index (χ2v) is 7.22. The molecule has 0 unspecified atom stereocenters. The van der Waals surface area contributed by atoms with E-state index in [1.165, 1.54) is 28.0 Å². The van der Waals surface area contributed by atoms with E-state index in [1.807, 2.05) is 31.4 Å². The summed E-state index contributed by atoms with van der Waals surface area (Å²) in [6.45, 7) is 8.20. The number of rotatable bonds is 4. The predicted molar refractivity (Wildman–Crippen MR) is 109 cm³/mol. The van der Waals surface area contributed by atoms with E-state index >= 15 is 0 Å². The molecule has 0 saturated carbocycles. The zero-order chi connectivity index (χ0) is 18.7. The van der Waals surface area contributed by atoms with E-state index in [0.717, 1.165) is 22.5 Å². The third-order valence-electron chi connectivity index (χ3n) is 4.14. The van der Waals surface area contributed by atoms with Gasteiger partial charge in [-0.15, -0.1) is 11.3 Å². The molecule has 3 rings (SSSR count). The number of anilines is 1. The van der Waals surface area contributed by atoms with Gasteiger partial charge in [0.1, 0.15) is 6.07 Å². The number of benzene rings is 2. The minimum atomic E-state index is 0.283. The third-order valence-corrected chi connectivity index (χ3v) is 4.99. The van der Waals surface area contributed by atoms with E-state index in [0.29, 0.717) is 5.01 Å². The summed E-state index contributed by atoms with van der Waals surface area (Å²) in [6, 6.07) is 14.5. The van der Waals surface area contributed by atoms with Crippen LogP contribution in [0.15, 0.2) is 46.9 Å². The predicted octanol–water partition coefficient (Wildman–Crippen LogP) is 5.38. The number of hydrogen-bond donors (Lipinski definition) is 1. The third kappa shape index (κ3) is 3.81. The van der Waals surface area contributed by atoms with E-state index in [-0.39, 0.29) is 5.71 Å². The molecule has 0 saturated heterocycles. The average molecular weight is 360 g/mol. The molecule has 0 spiro atoms. The summed E-state index contributed by atoms with van der Waals surface area (Å²) < 4.78 is 0. The van der Waals surface area contributed by atoms with Crippen LogP contribution in [0.3, 0.4) is 0 Å². The molecule has 0 bridgehead atoms. The van der Waals surface area contributed by atoms with Crippen molar-refractivity contribution < 1.29 is 0 Å². The Bertz CT molecular complexity index is 1020. The highest BCUT2D eigenvalue weighted by atomic mass is 32.1. The Morgan fingerprint density at radius 3 is 2.38 bits per heavy atom.